The second-order valence-electron chi connectivity index (χ2n) is 4.06. The minimum absolute atomic E-state index is 0.0462. The summed E-state index contributed by atoms with van der Waals surface area (Å²) >= 11 is 0. The van der Waals surface area contributed by atoms with E-state index in [1.54, 1.807) is 0 Å². The van der Waals surface area contributed by atoms with Gasteiger partial charge in [-0.15, -0.1) is 0 Å². The van der Waals surface area contributed by atoms with Gasteiger partial charge in [-0.1, -0.05) is 0 Å². The number of hydrogen-bond acceptors (Lipinski definition) is 5. The maximum absolute atomic E-state index is 11.2. The summed E-state index contributed by atoms with van der Waals surface area (Å²) < 4.78 is 27.0. The Bertz CT molecular complexity index is 318. The molecule has 0 saturated carbocycles. The first kappa shape index (κ1) is 12.4. The van der Waals surface area contributed by atoms with E-state index < -0.39 is 21.2 Å². The van der Waals surface area contributed by atoms with Gasteiger partial charge in [0.15, 0.2) is 0 Å². The molecule has 1 saturated heterocycles. The lowest BCUT2D eigenvalue weighted by molar-refractivity contribution is -0.144. The van der Waals surface area contributed by atoms with E-state index in [4.69, 9.17) is 0 Å². The summed E-state index contributed by atoms with van der Waals surface area (Å²) in [6, 6.07) is 0. The highest BCUT2D eigenvalue weighted by molar-refractivity contribution is 7.91. The molecule has 1 aliphatic rings. The van der Waals surface area contributed by atoms with Crippen molar-refractivity contribution < 1.29 is 23.1 Å². The number of aliphatic hydroxyl groups excluding tert-OH is 1. The Morgan fingerprint density at radius 2 is 1.93 bits per heavy atom. The molecule has 5 nitrogen and oxygen atoms in total. The van der Waals surface area contributed by atoms with Crippen LogP contribution in [0.2, 0.25) is 0 Å². The van der Waals surface area contributed by atoms with E-state index >= 15 is 0 Å². The molecule has 0 aromatic rings. The Hall–Kier alpha value is -0.620. The molecule has 1 aliphatic heterocycles. The van der Waals surface area contributed by atoms with Crippen molar-refractivity contribution in [2.75, 3.05) is 25.2 Å². The van der Waals surface area contributed by atoms with Crippen molar-refractivity contribution in [2.24, 2.45) is 5.41 Å². The molecule has 1 rings (SSSR count). The fourth-order valence-electron chi connectivity index (χ4n) is 1.74. The molecule has 0 amide bonds. The van der Waals surface area contributed by atoms with Crippen LogP contribution in [0.25, 0.3) is 0 Å². The Morgan fingerprint density at radius 1 is 1.40 bits per heavy atom. The van der Waals surface area contributed by atoms with Crippen molar-refractivity contribution in [3.05, 3.63) is 0 Å². The zero-order valence-corrected chi connectivity index (χ0v) is 9.55. The van der Waals surface area contributed by atoms with Crippen molar-refractivity contribution in [1.29, 1.82) is 0 Å². The van der Waals surface area contributed by atoms with Gasteiger partial charge < -0.3 is 9.84 Å². The number of hydrogen-bond donors (Lipinski definition) is 1. The largest absolute Gasteiger partial charge is 0.469 e. The molecule has 6 heteroatoms. The minimum atomic E-state index is -2.97. The second-order valence-corrected chi connectivity index (χ2v) is 6.37. The normalized spacial score (nSPS) is 23.3. The van der Waals surface area contributed by atoms with Gasteiger partial charge in [0.1, 0.15) is 9.84 Å². The molecule has 1 fully saturated rings. The van der Waals surface area contributed by atoms with Gasteiger partial charge in [0.25, 0.3) is 0 Å². The van der Waals surface area contributed by atoms with Crippen LogP contribution in [-0.2, 0) is 19.4 Å². The third kappa shape index (κ3) is 3.17. The van der Waals surface area contributed by atoms with Crippen molar-refractivity contribution in [1.82, 2.24) is 0 Å². The molecular weight excluding hydrogens is 220 g/mol. The number of carbonyl (C=O) groups excluding carboxylic acids is 1. The van der Waals surface area contributed by atoms with Crippen molar-refractivity contribution >= 4 is 15.8 Å². The van der Waals surface area contributed by atoms with Crippen LogP contribution in [0.4, 0.5) is 0 Å². The summed E-state index contributed by atoms with van der Waals surface area (Å²) in [5.41, 5.74) is -0.599. The fraction of sp³-hybridized carbons (Fsp3) is 0.889. The van der Waals surface area contributed by atoms with E-state index in [1.807, 2.05) is 0 Å². The standard InChI is InChI=1S/C9H16O5S/c1-14-8(11)6-9(7-10)2-4-15(12,13)5-3-9/h10H,2-7H2,1H3. The topological polar surface area (TPSA) is 80.7 Å². The molecule has 1 N–H and O–H groups in total. The average molecular weight is 236 g/mol. The van der Waals surface area contributed by atoms with Gasteiger partial charge in [0, 0.05) is 12.0 Å². The minimum Gasteiger partial charge on any atom is -0.469 e. The fourth-order valence-corrected chi connectivity index (χ4v) is 3.43. The predicted octanol–water partition coefficient (Wildman–Crippen LogP) is -0.263. The van der Waals surface area contributed by atoms with Gasteiger partial charge in [-0.25, -0.2) is 8.42 Å². The van der Waals surface area contributed by atoms with E-state index in [-0.39, 0.29) is 24.5 Å². The first-order valence-electron chi connectivity index (χ1n) is 4.81. The molecule has 0 aromatic heterocycles. The van der Waals surface area contributed by atoms with Crippen LogP contribution in [0, 0.1) is 5.41 Å². The van der Waals surface area contributed by atoms with Crippen LogP contribution in [-0.4, -0.2) is 44.7 Å². The number of methoxy groups -OCH3 is 1. The highest BCUT2D eigenvalue weighted by Gasteiger charge is 2.38. The number of aliphatic hydroxyl groups is 1. The van der Waals surface area contributed by atoms with Crippen molar-refractivity contribution in [3.8, 4) is 0 Å². The molecule has 0 atom stereocenters. The summed E-state index contributed by atoms with van der Waals surface area (Å²) in [6.45, 7) is -0.169. The molecule has 0 bridgehead atoms. The van der Waals surface area contributed by atoms with Crippen LogP contribution in [0.5, 0.6) is 0 Å². The zero-order chi connectivity index (χ0) is 11.5. The van der Waals surface area contributed by atoms with Crippen LogP contribution < -0.4 is 0 Å². The summed E-state index contributed by atoms with van der Waals surface area (Å²) in [5.74, 6) is -0.307. The van der Waals surface area contributed by atoms with Gasteiger partial charge in [-0.3, -0.25) is 4.79 Å². The summed E-state index contributed by atoms with van der Waals surface area (Å²) in [4.78, 5) is 11.1. The van der Waals surface area contributed by atoms with Gasteiger partial charge in [-0.05, 0) is 12.8 Å². The number of carbonyl (C=O) groups is 1. The first-order chi connectivity index (χ1) is 6.93. The molecule has 15 heavy (non-hydrogen) atoms. The average Bonchev–Trinajstić information content (AvgIpc) is 2.22. The zero-order valence-electron chi connectivity index (χ0n) is 8.73. The van der Waals surface area contributed by atoms with E-state index in [9.17, 15) is 18.3 Å². The maximum atomic E-state index is 11.2. The number of esters is 1. The third-order valence-corrected chi connectivity index (χ3v) is 4.62. The molecule has 0 radical (unpaired) electrons. The van der Waals surface area contributed by atoms with Gasteiger partial charge in [0.05, 0.1) is 25.0 Å². The highest BCUT2D eigenvalue weighted by Crippen LogP contribution is 2.35. The lowest BCUT2D eigenvalue weighted by Gasteiger charge is -2.34. The predicted molar refractivity (Wildman–Crippen MR) is 54.0 cm³/mol. The molecular formula is C9H16O5S. The molecule has 0 aliphatic carbocycles. The SMILES string of the molecule is COC(=O)CC1(CO)CCS(=O)(=O)CC1. The molecule has 0 aromatic carbocycles. The second kappa shape index (κ2) is 4.49. The summed E-state index contributed by atoms with van der Waals surface area (Å²) in [5, 5.41) is 9.25. The quantitative estimate of drug-likeness (QED) is 0.683. The van der Waals surface area contributed by atoms with Gasteiger partial charge in [-0.2, -0.15) is 0 Å². The van der Waals surface area contributed by atoms with Crippen LogP contribution in [0.3, 0.4) is 0 Å². The third-order valence-electron chi connectivity index (χ3n) is 2.97. The smallest absolute Gasteiger partial charge is 0.306 e. The Kier molecular flexibility index (Phi) is 3.72. The molecule has 1 heterocycles. The molecule has 88 valence electrons. The van der Waals surface area contributed by atoms with Crippen LogP contribution in [0.15, 0.2) is 0 Å². The van der Waals surface area contributed by atoms with E-state index in [1.165, 1.54) is 7.11 Å². The van der Waals surface area contributed by atoms with Gasteiger partial charge in [0.2, 0.25) is 0 Å². The monoisotopic (exact) mass is 236 g/mol. The summed E-state index contributed by atoms with van der Waals surface area (Å²) in [6.07, 6.45) is 0.761. The van der Waals surface area contributed by atoms with Crippen LogP contribution >= 0.6 is 0 Å². The lowest BCUT2D eigenvalue weighted by Crippen LogP contribution is -2.38. The molecule has 0 spiro atoms. The maximum Gasteiger partial charge on any atom is 0.306 e. The number of sulfone groups is 1. The highest BCUT2D eigenvalue weighted by atomic mass is 32.2. The first-order valence-corrected chi connectivity index (χ1v) is 6.63. The van der Waals surface area contributed by atoms with Crippen LogP contribution in [0.1, 0.15) is 19.3 Å². The Labute approximate surface area is 89.3 Å². The number of ether oxygens (including phenoxy) is 1. The van der Waals surface area contributed by atoms with Gasteiger partial charge >= 0.3 is 5.97 Å². The lowest BCUT2D eigenvalue weighted by atomic mass is 9.80. The summed E-state index contributed by atoms with van der Waals surface area (Å²) in [7, 11) is -1.68. The van der Waals surface area contributed by atoms with E-state index in [0.717, 1.165) is 0 Å². The van der Waals surface area contributed by atoms with E-state index in [0.29, 0.717) is 12.8 Å². The van der Waals surface area contributed by atoms with Crippen molar-refractivity contribution in [3.63, 3.8) is 0 Å². The molecule has 0 unspecified atom stereocenters. The number of rotatable bonds is 3. The Balaban J connectivity index is 2.68. The van der Waals surface area contributed by atoms with Crippen molar-refractivity contribution in [2.45, 2.75) is 19.3 Å². The van der Waals surface area contributed by atoms with E-state index in [2.05, 4.69) is 4.74 Å². The Morgan fingerprint density at radius 3 is 2.33 bits per heavy atom.